The van der Waals surface area contributed by atoms with Gasteiger partial charge in [0.2, 0.25) is 11.8 Å². The topological polar surface area (TPSA) is 70.7 Å². The minimum absolute atomic E-state index is 0.0517. The molecule has 1 fully saturated rings. The van der Waals surface area contributed by atoms with Crippen molar-refractivity contribution in [2.24, 2.45) is 5.92 Å². The minimum Gasteiger partial charge on any atom is -0.385 e. The molecule has 2 N–H and O–H groups in total. The number of methoxy groups -OCH3 is 1. The number of rotatable bonds is 9. The Kier molecular flexibility index (Phi) is 8.37. The molecule has 1 aliphatic rings. The normalized spacial score (nSPS) is 17.2. The van der Waals surface area contributed by atoms with Crippen molar-refractivity contribution in [1.29, 1.82) is 0 Å². The van der Waals surface area contributed by atoms with Gasteiger partial charge in [0.25, 0.3) is 0 Å². The number of likely N-dealkylation sites (tertiary alicyclic amines) is 1. The molecule has 140 valence electrons. The molecule has 0 radical (unpaired) electrons. The lowest BCUT2D eigenvalue weighted by Gasteiger charge is -2.34. The van der Waals surface area contributed by atoms with Gasteiger partial charge in [0.15, 0.2) is 0 Å². The number of carbonyl (C=O) groups is 2. The van der Waals surface area contributed by atoms with Gasteiger partial charge in [-0.25, -0.2) is 0 Å². The number of carbonyl (C=O) groups excluding carboxylic acids is 2. The highest BCUT2D eigenvalue weighted by Crippen LogP contribution is 2.19. The van der Waals surface area contributed by atoms with Gasteiger partial charge in [0.1, 0.15) is 0 Å². The Morgan fingerprint density at radius 2 is 2.12 bits per heavy atom. The van der Waals surface area contributed by atoms with E-state index in [9.17, 15) is 9.59 Å². The standard InChI is InChI=1S/C18H29N3O3S/c1-14(17(22)20-13-16-5-3-12-25-16)21-9-6-15(7-10-21)18(23)19-8-4-11-24-2/h3,5,12,14-15H,4,6-11,13H2,1-2H3,(H,19,23)(H,20,22). The van der Waals surface area contributed by atoms with E-state index in [1.807, 2.05) is 24.4 Å². The van der Waals surface area contributed by atoms with Crippen LogP contribution < -0.4 is 10.6 Å². The fourth-order valence-corrected chi connectivity index (χ4v) is 3.67. The molecule has 0 aromatic carbocycles. The van der Waals surface area contributed by atoms with Crippen molar-refractivity contribution in [2.75, 3.05) is 33.4 Å². The van der Waals surface area contributed by atoms with E-state index in [1.165, 1.54) is 0 Å². The first-order chi connectivity index (χ1) is 12.1. The second-order valence-corrected chi connectivity index (χ2v) is 7.45. The molecule has 2 rings (SSSR count). The summed E-state index contributed by atoms with van der Waals surface area (Å²) in [5.74, 6) is 0.238. The largest absolute Gasteiger partial charge is 0.385 e. The average Bonchev–Trinajstić information content (AvgIpc) is 3.16. The molecule has 1 unspecified atom stereocenters. The zero-order valence-corrected chi connectivity index (χ0v) is 15.9. The lowest BCUT2D eigenvalue weighted by molar-refractivity contribution is -0.128. The van der Waals surface area contributed by atoms with Gasteiger partial charge in [0.05, 0.1) is 12.6 Å². The van der Waals surface area contributed by atoms with E-state index >= 15 is 0 Å². The van der Waals surface area contributed by atoms with Crippen LogP contribution in [0.2, 0.25) is 0 Å². The number of thiophene rings is 1. The van der Waals surface area contributed by atoms with Crippen LogP contribution in [0.3, 0.4) is 0 Å². The van der Waals surface area contributed by atoms with Gasteiger partial charge in [-0.3, -0.25) is 14.5 Å². The summed E-state index contributed by atoms with van der Waals surface area (Å²) < 4.78 is 4.98. The molecule has 0 bridgehead atoms. The number of amides is 2. The highest BCUT2D eigenvalue weighted by molar-refractivity contribution is 7.09. The maximum Gasteiger partial charge on any atom is 0.237 e. The number of ether oxygens (including phenoxy) is 1. The van der Waals surface area contributed by atoms with Crippen LogP contribution in [0.15, 0.2) is 17.5 Å². The van der Waals surface area contributed by atoms with Gasteiger partial charge in [-0.05, 0) is 50.7 Å². The smallest absolute Gasteiger partial charge is 0.237 e. The fourth-order valence-electron chi connectivity index (χ4n) is 3.02. The molecule has 0 spiro atoms. The summed E-state index contributed by atoms with van der Waals surface area (Å²) in [7, 11) is 1.66. The molecule has 6 nitrogen and oxygen atoms in total. The summed E-state index contributed by atoms with van der Waals surface area (Å²) in [6.45, 7) is 5.41. The maximum atomic E-state index is 12.3. The van der Waals surface area contributed by atoms with Crippen molar-refractivity contribution >= 4 is 23.2 Å². The van der Waals surface area contributed by atoms with Crippen molar-refractivity contribution < 1.29 is 14.3 Å². The summed E-state index contributed by atoms with van der Waals surface area (Å²) >= 11 is 1.64. The summed E-state index contributed by atoms with van der Waals surface area (Å²) in [4.78, 5) is 27.8. The van der Waals surface area contributed by atoms with E-state index in [-0.39, 0.29) is 23.8 Å². The van der Waals surface area contributed by atoms with E-state index in [2.05, 4.69) is 15.5 Å². The van der Waals surface area contributed by atoms with Gasteiger partial charge in [0, 0.05) is 31.1 Å². The van der Waals surface area contributed by atoms with Crippen LogP contribution in [0.1, 0.15) is 31.1 Å². The Bertz CT molecular complexity index is 528. The molecule has 1 aromatic rings. The van der Waals surface area contributed by atoms with Crippen LogP contribution >= 0.6 is 11.3 Å². The SMILES string of the molecule is COCCCNC(=O)C1CCN(C(C)C(=O)NCc2cccs2)CC1. The Hall–Kier alpha value is -1.44. The van der Waals surface area contributed by atoms with Gasteiger partial charge in [-0.15, -0.1) is 11.3 Å². The third-order valence-corrected chi connectivity index (χ3v) is 5.55. The van der Waals surface area contributed by atoms with Gasteiger partial charge >= 0.3 is 0 Å². The Labute approximate surface area is 153 Å². The molecule has 1 aromatic heterocycles. The molecule has 0 aliphatic carbocycles. The number of piperidine rings is 1. The van der Waals surface area contributed by atoms with Crippen LogP contribution in [0.4, 0.5) is 0 Å². The first-order valence-electron chi connectivity index (χ1n) is 8.92. The molecule has 2 amide bonds. The van der Waals surface area contributed by atoms with Crippen LogP contribution in [0.25, 0.3) is 0 Å². The zero-order chi connectivity index (χ0) is 18.1. The number of hydrogen-bond donors (Lipinski definition) is 2. The molecule has 2 heterocycles. The first-order valence-corrected chi connectivity index (χ1v) is 9.80. The van der Waals surface area contributed by atoms with Gasteiger partial charge < -0.3 is 15.4 Å². The fraction of sp³-hybridized carbons (Fsp3) is 0.667. The highest BCUT2D eigenvalue weighted by Gasteiger charge is 2.29. The quantitative estimate of drug-likeness (QED) is 0.651. The van der Waals surface area contributed by atoms with Gasteiger partial charge in [-0.1, -0.05) is 6.07 Å². The van der Waals surface area contributed by atoms with Crippen molar-refractivity contribution in [3.8, 4) is 0 Å². The summed E-state index contributed by atoms with van der Waals surface area (Å²) in [6.07, 6.45) is 2.44. The third kappa shape index (κ3) is 6.41. The van der Waals surface area contributed by atoms with E-state index < -0.39 is 0 Å². The molecular formula is C18H29N3O3S. The Balaban J connectivity index is 1.67. The predicted octanol–water partition coefficient (Wildman–Crippen LogP) is 1.62. The lowest BCUT2D eigenvalue weighted by Crippen LogP contribution is -2.49. The second-order valence-electron chi connectivity index (χ2n) is 6.42. The van der Waals surface area contributed by atoms with Crippen molar-refractivity contribution in [2.45, 2.75) is 38.8 Å². The molecule has 1 aliphatic heterocycles. The highest BCUT2D eigenvalue weighted by atomic mass is 32.1. The molecule has 25 heavy (non-hydrogen) atoms. The maximum absolute atomic E-state index is 12.3. The first kappa shape index (κ1) is 19.9. The summed E-state index contributed by atoms with van der Waals surface area (Å²) in [5.41, 5.74) is 0. The van der Waals surface area contributed by atoms with Crippen LogP contribution in [0, 0.1) is 5.92 Å². The molecular weight excluding hydrogens is 338 g/mol. The van der Waals surface area contributed by atoms with Crippen molar-refractivity contribution in [1.82, 2.24) is 15.5 Å². The van der Waals surface area contributed by atoms with E-state index in [0.29, 0.717) is 19.7 Å². The van der Waals surface area contributed by atoms with E-state index in [1.54, 1.807) is 18.4 Å². The van der Waals surface area contributed by atoms with Gasteiger partial charge in [-0.2, -0.15) is 0 Å². The predicted molar refractivity (Wildman–Crippen MR) is 99.4 cm³/mol. The van der Waals surface area contributed by atoms with Crippen LogP contribution in [-0.4, -0.2) is 56.1 Å². The monoisotopic (exact) mass is 367 g/mol. The molecule has 0 saturated carbocycles. The number of hydrogen-bond acceptors (Lipinski definition) is 5. The van der Waals surface area contributed by atoms with Crippen molar-refractivity contribution in [3.05, 3.63) is 22.4 Å². The summed E-state index contributed by atoms with van der Waals surface area (Å²) in [5, 5.41) is 7.98. The molecule has 1 atom stereocenters. The Morgan fingerprint density at radius 3 is 2.76 bits per heavy atom. The average molecular weight is 368 g/mol. The molecule has 1 saturated heterocycles. The third-order valence-electron chi connectivity index (χ3n) is 4.67. The Morgan fingerprint density at radius 1 is 1.36 bits per heavy atom. The van der Waals surface area contributed by atoms with E-state index in [4.69, 9.17) is 4.74 Å². The zero-order valence-electron chi connectivity index (χ0n) is 15.1. The minimum atomic E-state index is -0.161. The summed E-state index contributed by atoms with van der Waals surface area (Å²) in [6, 6.07) is 3.85. The van der Waals surface area contributed by atoms with Crippen LogP contribution in [-0.2, 0) is 20.9 Å². The lowest BCUT2D eigenvalue weighted by atomic mass is 9.95. The van der Waals surface area contributed by atoms with Crippen LogP contribution in [0.5, 0.6) is 0 Å². The number of nitrogens with zero attached hydrogens (tertiary/aromatic N) is 1. The number of nitrogens with one attached hydrogen (secondary N) is 2. The van der Waals surface area contributed by atoms with Crippen molar-refractivity contribution in [3.63, 3.8) is 0 Å². The van der Waals surface area contributed by atoms with E-state index in [0.717, 1.165) is 37.2 Å². The second kappa shape index (κ2) is 10.5. The molecule has 7 heteroatoms.